The van der Waals surface area contributed by atoms with Crippen molar-refractivity contribution in [3.8, 4) is 22.3 Å². The van der Waals surface area contributed by atoms with Crippen LogP contribution >= 0.6 is 0 Å². The third-order valence-electron chi connectivity index (χ3n) is 6.95. The zero-order chi connectivity index (χ0) is 32.2. The van der Waals surface area contributed by atoms with E-state index in [1.165, 1.54) is 0 Å². The number of rotatable bonds is 4. The quantitative estimate of drug-likeness (QED) is 0.165. The lowest BCUT2D eigenvalue weighted by molar-refractivity contribution is 1.64. The van der Waals surface area contributed by atoms with Crippen LogP contribution in [-0.2, 0) is 0 Å². The van der Waals surface area contributed by atoms with Gasteiger partial charge < -0.3 is 0 Å². The van der Waals surface area contributed by atoms with Crippen LogP contribution in [0.5, 0.6) is 0 Å². The first kappa shape index (κ1) is 15.8. The molecule has 0 heterocycles. The van der Waals surface area contributed by atoms with Crippen LogP contribution in [0.2, 0.25) is 39.3 Å². The Morgan fingerprint density at radius 1 is 0.444 bits per heavy atom. The topological polar surface area (TPSA) is 0 Å². The minimum Gasteiger partial charge on any atom is -0.0656 e. The van der Waals surface area contributed by atoms with Crippen molar-refractivity contribution in [2.45, 2.75) is 39.3 Å². The van der Waals surface area contributed by atoms with Gasteiger partial charge in [0.2, 0.25) is 0 Å². The van der Waals surface area contributed by atoms with Gasteiger partial charge in [0.15, 0.2) is 0 Å². The molecular formula is C34H34Si2. The molecule has 0 aliphatic rings. The van der Waals surface area contributed by atoms with Gasteiger partial charge in [-0.05, 0) is 54.6 Å². The van der Waals surface area contributed by atoms with Crippen molar-refractivity contribution in [2.75, 3.05) is 0 Å². The average Bonchev–Trinajstić information content (AvgIpc) is 2.94. The summed E-state index contributed by atoms with van der Waals surface area (Å²) in [6.45, 7) is 12.2. The Balaban J connectivity index is 1.71. The van der Waals surface area contributed by atoms with Crippen molar-refractivity contribution >= 4 is 58.8 Å². The van der Waals surface area contributed by atoms with Gasteiger partial charge in [0.1, 0.15) is 0 Å². The van der Waals surface area contributed by atoms with E-state index >= 15 is 0 Å². The zero-order valence-electron chi connectivity index (χ0n) is 29.6. The van der Waals surface area contributed by atoms with Gasteiger partial charge in [-0.1, -0.05) is 147 Å². The van der Waals surface area contributed by atoms with Crippen LogP contribution in [0.3, 0.4) is 0 Å². The van der Waals surface area contributed by atoms with E-state index in [9.17, 15) is 0 Å². The summed E-state index contributed by atoms with van der Waals surface area (Å²) in [5.74, 6) is 0. The van der Waals surface area contributed by atoms with Gasteiger partial charge in [0.05, 0.1) is 27.1 Å². The minimum atomic E-state index is -2.16. The number of benzene rings is 6. The molecule has 6 rings (SSSR count). The molecule has 2 heteroatoms. The van der Waals surface area contributed by atoms with Gasteiger partial charge in [-0.25, -0.2) is 0 Å². The van der Waals surface area contributed by atoms with Crippen LogP contribution in [0.25, 0.3) is 54.6 Å². The highest BCUT2D eigenvalue weighted by Gasteiger charge is 2.19. The molecule has 0 unspecified atom stereocenters. The largest absolute Gasteiger partial charge is 0.0775 e. The Morgan fingerprint density at radius 3 is 1.11 bits per heavy atom. The molecule has 0 aliphatic heterocycles. The van der Waals surface area contributed by atoms with E-state index in [0.29, 0.717) is 21.5 Å². The van der Waals surface area contributed by atoms with Gasteiger partial charge in [0, 0.05) is 0 Å². The second kappa shape index (κ2) is 8.16. The lowest BCUT2D eigenvalue weighted by atomic mass is 9.87. The molecule has 0 saturated carbocycles. The molecule has 0 spiro atoms. The molecule has 0 aromatic heterocycles. The molecular weight excluding hydrogens is 465 g/mol. The predicted octanol–water partition coefficient (Wildman–Crippen LogP) is 9.01. The summed E-state index contributed by atoms with van der Waals surface area (Å²) < 4.78 is 71.2. The number of hydrogen-bond donors (Lipinski definition) is 0. The molecule has 0 amide bonds. The van der Waals surface area contributed by atoms with E-state index in [1.807, 2.05) is 87.8 Å². The second-order valence-electron chi connectivity index (χ2n) is 11.6. The fourth-order valence-electron chi connectivity index (χ4n) is 4.88. The molecule has 36 heavy (non-hydrogen) atoms. The molecule has 0 radical (unpaired) electrons. The smallest absolute Gasteiger partial charge is 0.0656 e. The maximum absolute atomic E-state index is 8.98. The SMILES string of the molecule is [2H]c1c([2H])c([Si](C)(C)C)c([2H])c([2H])c1-c1ccc2ccc3c(-c4c([2H])c([2H])c([Si](C)(C)C)c([2H])c4[2H])ccc4ccc1c2c43. The van der Waals surface area contributed by atoms with E-state index in [-0.39, 0.29) is 59.5 Å². The Hall–Kier alpha value is -3.21. The monoisotopic (exact) mass is 506 g/mol. The molecule has 0 atom stereocenters. The molecule has 0 aliphatic carbocycles. The van der Waals surface area contributed by atoms with Crippen molar-refractivity contribution in [2.24, 2.45) is 0 Å². The first-order chi connectivity index (χ1) is 20.5. The molecule has 0 saturated heterocycles. The van der Waals surface area contributed by atoms with E-state index < -0.39 is 16.1 Å². The van der Waals surface area contributed by atoms with E-state index in [0.717, 1.165) is 32.3 Å². The predicted molar refractivity (Wildman–Crippen MR) is 167 cm³/mol. The van der Waals surface area contributed by atoms with Gasteiger partial charge >= 0.3 is 0 Å². The molecule has 0 bridgehead atoms. The second-order valence-corrected chi connectivity index (χ2v) is 21.6. The van der Waals surface area contributed by atoms with E-state index in [1.54, 1.807) is 0 Å². The minimum absolute atomic E-state index is 0.0262. The lowest BCUT2D eigenvalue weighted by Crippen LogP contribution is -2.37. The van der Waals surface area contributed by atoms with Gasteiger partial charge in [0.25, 0.3) is 0 Å². The summed E-state index contributed by atoms with van der Waals surface area (Å²) in [5, 5.41) is 6.35. The van der Waals surface area contributed by atoms with Crippen molar-refractivity contribution in [1.82, 2.24) is 0 Å². The molecule has 6 aromatic carbocycles. The highest BCUT2D eigenvalue weighted by Crippen LogP contribution is 2.42. The Bertz CT molecular complexity index is 1960. The summed E-state index contributed by atoms with van der Waals surface area (Å²) in [5.41, 5.74) is 1.81. The zero-order valence-corrected chi connectivity index (χ0v) is 23.6. The summed E-state index contributed by atoms with van der Waals surface area (Å²) in [4.78, 5) is 0. The summed E-state index contributed by atoms with van der Waals surface area (Å²) >= 11 is 0. The Morgan fingerprint density at radius 2 is 0.778 bits per heavy atom. The fourth-order valence-corrected chi connectivity index (χ4v) is 6.63. The highest BCUT2D eigenvalue weighted by atomic mass is 28.3. The van der Waals surface area contributed by atoms with Gasteiger partial charge in [-0.15, -0.1) is 0 Å². The first-order valence-corrected chi connectivity index (χ1v) is 19.4. The van der Waals surface area contributed by atoms with Crippen LogP contribution in [0.4, 0.5) is 0 Å². The van der Waals surface area contributed by atoms with Crippen molar-refractivity contribution in [1.29, 1.82) is 0 Å². The molecule has 178 valence electrons. The van der Waals surface area contributed by atoms with Crippen LogP contribution in [0.1, 0.15) is 11.0 Å². The van der Waals surface area contributed by atoms with Crippen molar-refractivity contribution in [3.63, 3.8) is 0 Å². The van der Waals surface area contributed by atoms with Crippen LogP contribution < -0.4 is 10.4 Å². The van der Waals surface area contributed by atoms with Crippen molar-refractivity contribution in [3.05, 3.63) is 96.9 Å². The maximum Gasteiger partial charge on any atom is 0.0775 e. The summed E-state index contributed by atoms with van der Waals surface area (Å²) in [6, 6.07) is 15.5. The van der Waals surface area contributed by atoms with Crippen LogP contribution in [-0.4, -0.2) is 16.1 Å². The molecule has 6 aromatic rings. The van der Waals surface area contributed by atoms with Crippen LogP contribution in [0, 0.1) is 0 Å². The lowest BCUT2D eigenvalue weighted by Gasteiger charge is -2.19. The molecule has 0 N–H and O–H groups in total. The molecule has 0 nitrogen and oxygen atoms in total. The van der Waals surface area contributed by atoms with Gasteiger partial charge in [-0.3, -0.25) is 0 Å². The Kier molecular flexibility index (Phi) is 3.58. The summed E-state index contributed by atoms with van der Waals surface area (Å²) in [6.07, 6.45) is 0. The standard InChI is InChI=1S/C34H34Si2/c1-35(2,3)27-15-7-23(8-16-27)29-19-11-25-14-22-32-30(24-9-17-28(18-10-24)36(4,5)6)20-12-26-13-21-31(29)33(25)34(26)32/h7-22H,1-6H3/i7D,8D,9D,10D,15D,16D,17D,18D. The van der Waals surface area contributed by atoms with Crippen molar-refractivity contribution < 1.29 is 11.0 Å². The third-order valence-corrected chi connectivity index (χ3v) is 10.5. The fraction of sp³-hybridized carbons (Fsp3) is 0.176. The van der Waals surface area contributed by atoms with E-state index in [4.69, 9.17) is 11.0 Å². The highest BCUT2D eigenvalue weighted by molar-refractivity contribution is 6.89. The normalized spacial score (nSPS) is 15.8. The van der Waals surface area contributed by atoms with Gasteiger partial charge in [-0.2, -0.15) is 0 Å². The van der Waals surface area contributed by atoms with E-state index in [2.05, 4.69) is 0 Å². The van der Waals surface area contributed by atoms with Crippen LogP contribution in [0.15, 0.2) is 96.9 Å². The molecule has 0 fully saturated rings. The average molecular weight is 507 g/mol. The number of hydrogen-bond acceptors (Lipinski definition) is 0. The first-order valence-electron chi connectivity index (χ1n) is 16.4. The summed E-state index contributed by atoms with van der Waals surface area (Å²) in [7, 11) is -4.31. The third kappa shape index (κ3) is 3.80. The maximum atomic E-state index is 8.98. The Labute approximate surface area is 228 Å².